The maximum Gasteiger partial charge on any atom is 0.410 e. The number of hydrogen-bond acceptors (Lipinski definition) is 3. The van der Waals surface area contributed by atoms with E-state index in [1.54, 1.807) is 37.8 Å². The lowest BCUT2D eigenvalue weighted by atomic mass is 9.83. The van der Waals surface area contributed by atoms with E-state index in [9.17, 15) is 19.1 Å². The number of aliphatic carboxylic acids is 1. The summed E-state index contributed by atoms with van der Waals surface area (Å²) in [5.74, 6) is -1.87. The highest BCUT2D eigenvalue weighted by Gasteiger charge is 2.50. The van der Waals surface area contributed by atoms with Crippen LogP contribution in [0.15, 0.2) is 24.3 Å². The number of carbonyl (C=O) groups excluding carboxylic acids is 1. The Morgan fingerprint density at radius 3 is 2.40 bits per heavy atom. The van der Waals surface area contributed by atoms with Crippen LogP contribution >= 0.6 is 0 Å². The lowest BCUT2D eigenvalue weighted by Crippen LogP contribution is -2.50. The van der Waals surface area contributed by atoms with Crippen molar-refractivity contribution in [2.75, 3.05) is 6.54 Å². The van der Waals surface area contributed by atoms with E-state index in [1.807, 2.05) is 6.92 Å². The van der Waals surface area contributed by atoms with E-state index in [0.717, 1.165) is 5.56 Å². The highest BCUT2D eigenvalue weighted by molar-refractivity contribution is 5.75. The monoisotopic (exact) mass is 351 g/mol. The first kappa shape index (κ1) is 19.2. The molecule has 5 nitrogen and oxygen atoms in total. The molecule has 2 rings (SSSR count). The molecule has 138 valence electrons. The Kier molecular flexibility index (Phi) is 5.40. The van der Waals surface area contributed by atoms with Crippen molar-refractivity contribution in [1.82, 2.24) is 4.90 Å². The highest BCUT2D eigenvalue weighted by Crippen LogP contribution is 2.40. The topological polar surface area (TPSA) is 66.8 Å². The highest BCUT2D eigenvalue weighted by atomic mass is 19.1. The number of likely N-dealkylation sites (tertiary alicyclic amines) is 1. The van der Waals surface area contributed by atoms with Crippen LogP contribution in [0.1, 0.15) is 46.1 Å². The fourth-order valence-electron chi connectivity index (χ4n) is 3.41. The van der Waals surface area contributed by atoms with Crippen LogP contribution in [0.4, 0.5) is 9.18 Å². The number of amides is 1. The van der Waals surface area contributed by atoms with Crippen molar-refractivity contribution < 1.29 is 23.8 Å². The number of halogens is 1. The largest absolute Gasteiger partial charge is 0.481 e. The number of carboxylic acids is 1. The van der Waals surface area contributed by atoms with Gasteiger partial charge in [-0.25, -0.2) is 9.18 Å². The van der Waals surface area contributed by atoms with Crippen LogP contribution in [0.3, 0.4) is 0 Å². The van der Waals surface area contributed by atoms with Crippen LogP contribution in [-0.4, -0.2) is 39.8 Å². The molecule has 2 atom stereocenters. The molecule has 0 aliphatic carbocycles. The Bertz CT molecular complexity index is 638. The minimum Gasteiger partial charge on any atom is -0.481 e. The Hall–Kier alpha value is -2.11. The molecule has 1 aromatic rings. The van der Waals surface area contributed by atoms with Crippen molar-refractivity contribution in [1.29, 1.82) is 0 Å². The second-order valence-corrected chi connectivity index (χ2v) is 7.71. The predicted molar refractivity (Wildman–Crippen MR) is 91.8 cm³/mol. The molecule has 0 saturated carbocycles. The smallest absolute Gasteiger partial charge is 0.410 e. The zero-order valence-corrected chi connectivity index (χ0v) is 15.2. The molecule has 1 amide bonds. The molecular weight excluding hydrogens is 325 g/mol. The summed E-state index contributed by atoms with van der Waals surface area (Å²) in [6, 6.07) is 6.10. The third-order valence-corrected chi connectivity index (χ3v) is 4.67. The maximum absolute atomic E-state index is 13.2. The van der Waals surface area contributed by atoms with Crippen LogP contribution < -0.4 is 0 Å². The van der Waals surface area contributed by atoms with Crippen molar-refractivity contribution in [3.05, 3.63) is 35.6 Å². The van der Waals surface area contributed by atoms with Gasteiger partial charge in [-0.05, 0) is 57.7 Å². The third-order valence-electron chi connectivity index (χ3n) is 4.67. The van der Waals surface area contributed by atoms with Gasteiger partial charge in [0.2, 0.25) is 0 Å². The molecule has 0 unspecified atom stereocenters. The molecule has 1 fully saturated rings. The first-order chi connectivity index (χ1) is 11.6. The molecule has 1 heterocycles. The number of nitrogens with zero attached hydrogens (tertiary/aromatic N) is 1. The van der Waals surface area contributed by atoms with Crippen molar-refractivity contribution in [3.63, 3.8) is 0 Å². The normalized spacial score (nSPS) is 23.6. The first-order valence-corrected chi connectivity index (χ1v) is 8.54. The lowest BCUT2D eigenvalue weighted by Gasteiger charge is -2.38. The number of ether oxygens (including phenoxy) is 1. The summed E-state index contributed by atoms with van der Waals surface area (Å²) in [4.78, 5) is 25.8. The van der Waals surface area contributed by atoms with Gasteiger partial charge in [-0.15, -0.1) is 0 Å². The van der Waals surface area contributed by atoms with Crippen LogP contribution in [0, 0.1) is 11.7 Å². The van der Waals surface area contributed by atoms with E-state index >= 15 is 0 Å². The molecule has 1 aromatic carbocycles. The molecule has 1 aliphatic rings. The Morgan fingerprint density at radius 2 is 1.92 bits per heavy atom. The minimum atomic E-state index is -0.914. The fraction of sp³-hybridized carbons (Fsp3) is 0.579. The summed E-state index contributed by atoms with van der Waals surface area (Å²) in [5, 5.41) is 9.45. The van der Waals surface area contributed by atoms with Crippen LogP contribution in [0.25, 0.3) is 0 Å². The summed E-state index contributed by atoms with van der Waals surface area (Å²) in [7, 11) is 0. The Balaban J connectivity index is 2.33. The number of benzene rings is 1. The standard InChI is InChI=1S/C19H26FNO4/c1-5-19(10-13-6-8-15(20)9-7-13)11-14(16(22)23)12-21(19)17(24)25-18(2,3)4/h6-9,14H,5,10-12H2,1-4H3,(H,22,23)/t14-,19+/m0/s1. The van der Waals surface area contributed by atoms with Gasteiger partial charge in [0.05, 0.1) is 11.5 Å². The van der Waals surface area contributed by atoms with Gasteiger partial charge < -0.3 is 14.7 Å². The summed E-state index contributed by atoms with van der Waals surface area (Å²) in [6.07, 6.45) is 0.913. The van der Waals surface area contributed by atoms with Crippen molar-refractivity contribution in [2.45, 2.75) is 58.1 Å². The maximum atomic E-state index is 13.2. The molecule has 25 heavy (non-hydrogen) atoms. The van der Waals surface area contributed by atoms with E-state index in [-0.39, 0.29) is 12.4 Å². The number of rotatable bonds is 4. The number of carbonyl (C=O) groups is 2. The summed E-state index contributed by atoms with van der Waals surface area (Å²) in [6.45, 7) is 7.40. The van der Waals surface area contributed by atoms with Gasteiger partial charge in [-0.2, -0.15) is 0 Å². The molecule has 0 spiro atoms. The molecule has 0 aromatic heterocycles. The molecule has 1 N–H and O–H groups in total. The van der Waals surface area contributed by atoms with Crippen molar-refractivity contribution in [2.24, 2.45) is 5.92 Å². The quantitative estimate of drug-likeness (QED) is 0.894. The second-order valence-electron chi connectivity index (χ2n) is 7.71. The fourth-order valence-corrected chi connectivity index (χ4v) is 3.41. The van der Waals surface area contributed by atoms with Gasteiger partial charge in [0.1, 0.15) is 11.4 Å². The average Bonchev–Trinajstić information content (AvgIpc) is 2.88. The Morgan fingerprint density at radius 1 is 1.32 bits per heavy atom. The van der Waals surface area contributed by atoms with Crippen LogP contribution in [-0.2, 0) is 16.0 Å². The van der Waals surface area contributed by atoms with E-state index < -0.39 is 29.1 Å². The van der Waals surface area contributed by atoms with Gasteiger partial charge in [0.25, 0.3) is 0 Å². The van der Waals surface area contributed by atoms with Crippen molar-refractivity contribution in [3.8, 4) is 0 Å². The van der Waals surface area contributed by atoms with Crippen LogP contribution in [0.5, 0.6) is 0 Å². The zero-order chi connectivity index (χ0) is 18.8. The van der Waals surface area contributed by atoms with Crippen molar-refractivity contribution >= 4 is 12.1 Å². The van der Waals surface area contributed by atoms with E-state index in [4.69, 9.17) is 4.74 Å². The molecular formula is C19H26FNO4. The zero-order valence-electron chi connectivity index (χ0n) is 15.2. The molecule has 0 bridgehead atoms. The van der Waals surface area contributed by atoms with Gasteiger partial charge >= 0.3 is 12.1 Å². The molecule has 1 aliphatic heterocycles. The summed E-state index contributed by atoms with van der Waals surface area (Å²) >= 11 is 0. The minimum absolute atomic E-state index is 0.124. The number of hydrogen-bond donors (Lipinski definition) is 1. The molecule has 1 saturated heterocycles. The Labute approximate surface area is 147 Å². The molecule has 6 heteroatoms. The average molecular weight is 351 g/mol. The van der Waals surface area contributed by atoms with Gasteiger partial charge in [0, 0.05) is 6.54 Å². The van der Waals surface area contributed by atoms with E-state index in [2.05, 4.69) is 0 Å². The van der Waals surface area contributed by atoms with E-state index in [0.29, 0.717) is 19.3 Å². The second kappa shape index (κ2) is 7.02. The third kappa shape index (κ3) is 4.50. The van der Waals surface area contributed by atoms with Crippen LogP contribution in [0.2, 0.25) is 0 Å². The van der Waals surface area contributed by atoms with Gasteiger partial charge in [-0.1, -0.05) is 19.1 Å². The summed E-state index contributed by atoms with van der Waals surface area (Å²) in [5.41, 5.74) is -0.445. The predicted octanol–water partition coefficient (Wildman–Crippen LogP) is 3.86. The van der Waals surface area contributed by atoms with E-state index in [1.165, 1.54) is 12.1 Å². The molecule has 0 radical (unpaired) electrons. The lowest BCUT2D eigenvalue weighted by molar-refractivity contribution is -0.141. The summed E-state index contributed by atoms with van der Waals surface area (Å²) < 4.78 is 18.7. The number of carboxylic acid groups (broad SMARTS) is 1. The first-order valence-electron chi connectivity index (χ1n) is 8.54. The van der Waals surface area contributed by atoms with Gasteiger partial charge in [-0.3, -0.25) is 4.79 Å². The van der Waals surface area contributed by atoms with Gasteiger partial charge in [0.15, 0.2) is 0 Å². The SMILES string of the molecule is CC[C@@]1(Cc2ccc(F)cc2)C[C@H](C(=O)O)CN1C(=O)OC(C)(C)C.